The first-order valence-electron chi connectivity index (χ1n) is 5.66. The number of rotatable bonds is 2. The fourth-order valence-electron chi connectivity index (χ4n) is 2.33. The van der Waals surface area contributed by atoms with Gasteiger partial charge in [0.2, 0.25) is 0 Å². The summed E-state index contributed by atoms with van der Waals surface area (Å²) in [6.45, 7) is 1.81. The van der Waals surface area contributed by atoms with Crippen molar-refractivity contribution in [3.8, 4) is 0 Å². The number of aromatic nitrogens is 2. The Bertz CT molecular complexity index is 376. The molecule has 0 aromatic carbocycles. The summed E-state index contributed by atoms with van der Waals surface area (Å²) < 4.78 is 3.71. The molecule has 1 unspecified atom stereocenters. The van der Waals surface area contributed by atoms with Crippen LogP contribution in [0.4, 0.5) is 9.80 Å². The Hall–Kier alpha value is -1.17. The van der Waals surface area contributed by atoms with Gasteiger partial charge >= 0.3 is 6.03 Å². The van der Waals surface area contributed by atoms with Crippen molar-refractivity contribution in [2.75, 3.05) is 18.4 Å². The Morgan fingerprint density at radius 3 is 3.00 bits per heavy atom. The molecule has 3 rings (SSSR count). The quantitative estimate of drug-likeness (QED) is 0.854. The summed E-state index contributed by atoms with van der Waals surface area (Å²) >= 11 is 1.21. The Morgan fingerprint density at radius 2 is 2.31 bits per heavy atom. The molecule has 86 valence electrons. The lowest BCUT2D eigenvalue weighted by molar-refractivity contribution is 0.220. The number of carbonyl (C=O) groups excluding carboxylic acids is 1. The molecular formula is C10H14N4OS. The number of likely N-dealkylation sites (tertiary alicyclic amines) is 1. The van der Waals surface area contributed by atoms with E-state index < -0.39 is 0 Å². The maximum atomic E-state index is 11.9. The number of hydrogen-bond donors (Lipinski definition) is 1. The van der Waals surface area contributed by atoms with Crippen molar-refractivity contribution in [3.05, 3.63) is 6.20 Å². The van der Waals surface area contributed by atoms with E-state index in [0.29, 0.717) is 0 Å². The number of hydrogen-bond acceptors (Lipinski definition) is 4. The molecule has 2 fully saturated rings. The Labute approximate surface area is 98.0 Å². The second kappa shape index (κ2) is 4.01. The largest absolute Gasteiger partial charge is 0.324 e. The van der Waals surface area contributed by atoms with E-state index in [0.717, 1.165) is 29.9 Å². The topological polar surface area (TPSA) is 58.1 Å². The third-order valence-electron chi connectivity index (χ3n) is 3.39. The molecule has 1 saturated carbocycles. The van der Waals surface area contributed by atoms with Crippen LogP contribution in [0.15, 0.2) is 6.20 Å². The van der Waals surface area contributed by atoms with Crippen molar-refractivity contribution < 1.29 is 4.79 Å². The van der Waals surface area contributed by atoms with E-state index in [1.54, 1.807) is 6.20 Å². The highest BCUT2D eigenvalue weighted by atomic mass is 32.1. The summed E-state index contributed by atoms with van der Waals surface area (Å²) in [6, 6.07) is -0.00537. The lowest BCUT2D eigenvalue weighted by Crippen LogP contribution is -2.32. The van der Waals surface area contributed by atoms with Crippen molar-refractivity contribution >= 4 is 22.6 Å². The van der Waals surface area contributed by atoms with E-state index in [-0.39, 0.29) is 6.03 Å². The van der Waals surface area contributed by atoms with Crippen LogP contribution in [0.3, 0.4) is 0 Å². The SMILES string of the molecule is O=C(Nc1cnns1)N1CCC(C2CC2)C1. The molecule has 2 amide bonds. The van der Waals surface area contributed by atoms with Gasteiger partial charge in [-0.1, -0.05) is 4.49 Å². The van der Waals surface area contributed by atoms with Gasteiger partial charge in [0.1, 0.15) is 5.00 Å². The van der Waals surface area contributed by atoms with E-state index in [4.69, 9.17) is 0 Å². The van der Waals surface area contributed by atoms with Crippen LogP contribution in [0.2, 0.25) is 0 Å². The zero-order valence-corrected chi connectivity index (χ0v) is 9.74. The molecule has 0 bridgehead atoms. The minimum atomic E-state index is -0.00537. The number of amides is 2. The van der Waals surface area contributed by atoms with Crippen molar-refractivity contribution in [2.24, 2.45) is 11.8 Å². The summed E-state index contributed by atoms with van der Waals surface area (Å²) in [6.07, 6.45) is 5.47. The van der Waals surface area contributed by atoms with E-state index in [1.165, 1.54) is 30.8 Å². The van der Waals surface area contributed by atoms with Crippen molar-refractivity contribution in [1.82, 2.24) is 14.5 Å². The van der Waals surface area contributed by atoms with Gasteiger partial charge in [-0.25, -0.2) is 4.79 Å². The fourth-order valence-corrected chi connectivity index (χ4v) is 2.74. The van der Waals surface area contributed by atoms with Gasteiger partial charge in [0.15, 0.2) is 0 Å². The summed E-state index contributed by atoms with van der Waals surface area (Å²) in [5.41, 5.74) is 0. The molecule has 2 aliphatic rings. The van der Waals surface area contributed by atoms with Gasteiger partial charge in [-0.05, 0) is 31.1 Å². The number of anilines is 1. The predicted molar refractivity (Wildman–Crippen MR) is 61.3 cm³/mol. The molecule has 1 N–H and O–H groups in total. The van der Waals surface area contributed by atoms with Crippen molar-refractivity contribution in [3.63, 3.8) is 0 Å². The van der Waals surface area contributed by atoms with Gasteiger partial charge in [-0.3, -0.25) is 5.32 Å². The molecule has 2 heterocycles. The van der Waals surface area contributed by atoms with Crippen molar-refractivity contribution in [1.29, 1.82) is 0 Å². The first-order chi connectivity index (χ1) is 7.83. The zero-order chi connectivity index (χ0) is 11.0. The van der Waals surface area contributed by atoms with Gasteiger partial charge in [-0.15, -0.1) is 5.10 Å². The lowest BCUT2D eigenvalue weighted by atomic mass is 10.0. The highest BCUT2D eigenvalue weighted by Crippen LogP contribution is 2.41. The first-order valence-corrected chi connectivity index (χ1v) is 6.43. The monoisotopic (exact) mass is 238 g/mol. The van der Waals surface area contributed by atoms with Crippen LogP contribution in [-0.2, 0) is 0 Å². The highest BCUT2D eigenvalue weighted by molar-refractivity contribution is 7.10. The standard InChI is InChI=1S/C10H14N4OS/c15-10(12-9-5-11-13-16-9)14-4-3-8(6-14)7-1-2-7/h5,7-8H,1-4,6H2,(H,12,15). The number of carbonyl (C=O) groups is 1. The average Bonchev–Trinajstić information content (AvgIpc) is 2.82. The highest BCUT2D eigenvalue weighted by Gasteiger charge is 2.37. The van der Waals surface area contributed by atoms with Gasteiger partial charge in [0, 0.05) is 24.6 Å². The first kappa shape index (κ1) is 10.0. The third-order valence-corrected chi connectivity index (χ3v) is 3.97. The fraction of sp³-hybridized carbons (Fsp3) is 0.700. The average molecular weight is 238 g/mol. The van der Waals surface area contributed by atoms with E-state index in [1.807, 2.05) is 4.90 Å². The minimum Gasteiger partial charge on any atom is -0.324 e. The number of nitrogens with one attached hydrogen (secondary N) is 1. The Balaban J connectivity index is 1.55. The van der Waals surface area contributed by atoms with E-state index in [9.17, 15) is 4.79 Å². The molecular weight excluding hydrogens is 224 g/mol. The maximum Gasteiger partial charge on any atom is 0.322 e. The Morgan fingerprint density at radius 1 is 1.44 bits per heavy atom. The molecule has 0 radical (unpaired) electrons. The summed E-state index contributed by atoms with van der Waals surface area (Å²) in [5.74, 6) is 1.63. The predicted octanol–water partition coefficient (Wildman–Crippen LogP) is 1.80. The van der Waals surface area contributed by atoms with Gasteiger partial charge in [-0.2, -0.15) is 0 Å². The molecule has 16 heavy (non-hydrogen) atoms. The molecule has 1 aliphatic carbocycles. The minimum absolute atomic E-state index is 0.00537. The molecule has 1 atom stereocenters. The summed E-state index contributed by atoms with van der Waals surface area (Å²) in [4.78, 5) is 13.8. The van der Waals surface area contributed by atoms with Crippen LogP contribution in [-0.4, -0.2) is 33.6 Å². The van der Waals surface area contributed by atoms with Crippen LogP contribution in [0.5, 0.6) is 0 Å². The van der Waals surface area contributed by atoms with Crippen LogP contribution in [0.1, 0.15) is 19.3 Å². The van der Waals surface area contributed by atoms with E-state index in [2.05, 4.69) is 14.9 Å². The molecule has 0 spiro atoms. The maximum absolute atomic E-state index is 11.9. The number of nitrogens with zero attached hydrogens (tertiary/aromatic N) is 3. The molecule has 5 nitrogen and oxygen atoms in total. The Kier molecular flexibility index (Phi) is 2.51. The van der Waals surface area contributed by atoms with Crippen LogP contribution in [0, 0.1) is 11.8 Å². The normalized spacial score (nSPS) is 24.8. The van der Waals surface area contributed by atoms with Crippen molar-refractivity contribution in [2.45, 2.75) is 19.3 Å². The molecule has 6 heteroatoms. The van der Waals surface area contributed by atoms with Crippen LogP contribution < -0.4 is 5.32 Å². The van der Waals surface area contributed by atoms with E-state index >= 15 is 0 Å². The molecule has 1 saturated heterocycles. The summed E-state index contributed by atoms with van der Waals surface area (Å²) in [7, 11) is 0. The second-order valence-electron chi connectivity index (χ2n) is 4.54. The van der Waals surface area contributed by atoms with Gasteiger partial charge in [0.25, 0.3) is 0 Å². The second-order valence-corrected chi connectivity index (χ2v) is 5.33. The molecule has 1 aromatic rings. The lowest BCUT2D eigenvalue weighted by Gasteiger charge is -2.16. The summed E-state index contributed by atoms with van der Waals surface area (Å²) in [5, 5.41) is 7.24. The van der Waals surface area contributed by atoms with Gasteiger partial charge < -0.3 is 4.90 Å². The van der Waals surface area contributed by atoms with Crippen LogP contribution >= 0.6 is 11.5 Å². The molecule has 1 aliphatic heterocycles. The number of urea groups is 1. The third kappa shape index (κ3) is 2.02. The van der Waals surface area contributed by atoms with Gasteiger partial charge in [0.05, 0.1) is 6.20 Å². The smallest absolute Gasteiger partial charge is 0.322 e. The van der Waals surface area contributed by atoms with Crippen LogP contribution in [0.25, 0.3) is 0 Å². The molecule has 1 aromatic heterocycles. The zero-order valence-electron chi connectivity index (χ0n) is 8.93.